The first-order valence-electron chi connectivity index (χ1n) is 4.67. The average molecular weight is 214 g/mol. The molecule has 0 aliphatic carbocycles. The number of aromatic nitrogens is 2. The summed E-state index contributed by atoms with van der Waals surface area (Å²) in [5, 5.41) is 0. The Kier molecular flexibility index (Phi) is 2.83. The van der Waals surface area contributed by atoms with E-state index < -0.39 is 23.5 Å². The van der Waals surface area contributed by atoms with E-state index in [1.165, 1.54) is 7.05 Å². The first-order chi connectivity index (χ1) is 6.79. The van der Waals surface area contributed by atoms with Crippen molar-refractivity contribution in [3.8, 4) is 0 Å². The maximum absolute atomic E-state index is 12.5. The summed E-state index contributed by atoms with van der Waals surface area (Å²) in [6, 6.07) is 1.16. The van der Waals surface area contributed by atoms with Crippen LogP contribution in [0.4, 0.5) is 4.39 Å². The van der Waals surface area contributed by atoms with Crippen LogP contribution in [0.2, 0.25) is 0 Å². The summed E-state index contributed by atoms with van der Waals surface area (Å²) in [4.78, 5) is 23.4. The van der Waals surface area contributed by atoms with E-state index in [0.29, 0.717) is 0 Å². The molecule has 1 rings (SSSR count). The lowest BCUT2D eigenvalue weighted by molar-refractivity contribution is 0.350. The van der Waals surface area contributed by atoms with Gasteiger partial charge in [-0.05, 0) is 20.8 Å². The van der Waals surface area contributed by atoms with Gasteiger partial charge in [0.05, 0.1) is 5.69 Å². The van der Waals surface area contributed by atoms with Gasteiger partial charge in [0.1, 0.15) is 6.67 Å². The van der Waals surface area contributed by atoms with Crippen LogP contribution in [0.3, 0.4) is 0 Å². The third kappa shape index (κ3) is 2.00. The minimum Gasteiger partial charge on any atom is -0.298 e. The van der Waals surface area contributed by atoms with E-state index in [1.54, 1.807) is 20.8 Å². The smallest absolute Gasteiger partial charge is 0.298 e. The van der Waals surface area contributed by atoms with Gasteiger partial charge < -0.3 is 0 Å². The highest BCUT2D eigenvalue weighted by Gasteiger charge is 2.19. The molecule has 0 fully saturated rings. The van der Waals surface area contributed by atoms with Gasteiger partial charge in [-0.15, -0.1) is 0 Å². The van der Waals surface area contributed by atoms with Crippen LogP contribution < -0.4 is 11.2 Å². The van der Waals surface area contributed by atoms with Crippen molar-refractivity contribution < 1.29 is 4.39 Å². The van der Waals surface area contributed by atoms with Gasteiger partial charge in [-0.1, -0.05) is 0 Å². The topological polar surface area (TPSA) is 44.0 Å². The summed E-state index contributed by atoms with van der Waals surface area (Å²) in [5.74, 6) is 0. The van der Waals surface area contributed by atoms with Crippen LogP contribution in [0.1, 0.15) is 26.5 Å². The Morgan fingerprint density at radius 3 is 2.27 bits per heavy atom. The van der Waals surface area contributed by atoms with Gasteiger partial charge >= 0.3 is 5.69 Å². The van der Waals surface area contributed by atoms with Crippen LogP contribution in [-0.4, -0.2) is 9.13 Å². The molecular formula is C10H15FN2O2. The monoisotopic (exact) mass is 214 g/mol. The van der Waals surface area contributed by atoms with Crippen LogP contribution in [0, 0.1) is 0 Å². The maximum Gasteiger partial charge on any atom is 0.331 e. The van der Waals surface area contributed by atoms with Gasteiger partial charge in [0.15, 0.2) is 0 Å². The van der Waals surface area contributed by atoms with Crippen molar-refractivity contribution in [3.05, 3.63) is 32.6 Å². The van der Waals surface area contributed by atoms with Crippen molar-refractivity contribution in [2.45, 2.75) is 33.0 Å². The largest absolute Gasteiger partial charge is 0.331 e. The van der Waals surface area contributed by atoms with Crippen molar-refractivity contribution in [1.29, 1.82) is 0 Å². The highest BCUT2D eigenvalue weighted by Crippen LogP contribution is 2.07. The number of hydrogen-bond donors (Lipinski definition) is 0. The maximum atomic E-state index is 12.5. The molecular weight excluding hydrogens is 199 g/mol. The fraction of sp³-hybridized carbons (Fsp3) is 0.600. The van der Waals surface area contributed by atoms with Crippen molar-refractivity contribution >= 4 is 0 Å². The predicted molar refractivity (Wildman–Crippen MR) is 55.8 cm³/mol. The molecule has 5 heteroatoms. The third-order valence-corrected chi connectivity index (χ3v) is 2.23. The second-order valence-corrected chi connectivity index (χ2v) is 4.46. The fourth-order valence-corrected chi connectivity index (χ4v) is 1.42. The first-order valence-corrected chi connectivity index (χ1v) is 4.67. The molecule has 1 heterocycles. The summed E-state index contributed by atoms with van der Waals surface area (Å²) in [6.45, 7) is 4.45. The SMILES string of the molecule is Cn1c(CF)cc(=O)n(C(C)(C)C)c1=O. The van der Waals surface area contributed by atoms with Gasteiger partial charge in [-0.3, -0.25) is 13.9 Å². The standard InChI is InChI=1S/C10H15FN2O2/c1-10(2,3)13-8(14)5-7(6-11)12(4)9(13)15/h5H,6H2,1-4H3. The lowest BCUT2D eigenvalue weighted by Crippen LogP contribution is -2.47. The second-order valence-electron chi connectivity index (χ2n) is 4.46. The van der Waals surface area contributed by atoms with Crippen molar-refractivity contribution in [3.63, 3.8) is 0 Å². The van der Waals surface area contributed by atoms with Crippen molar-refractivity contribution in [2.75, 3.05) is 0 Å². The molecule has 0 radical (unpaired) electrons. The minimum atomic E-state index is -0.814. The Balaban J connectivity index is 3.66. The Morgan fingerprint density at radius 1 is 1.33 bits per heavy atom. The van der Waals surface area contributed by atoms with Crippen LogP contribution in [0.5, 0.6) is 0 Å². The molecule has 4 nitrogen and oxygen atoms in total. The molecule has 0 N–H and O–H groups in total. The summed E-state index contributed by atoms with van der Waals surface area (Å²) >= 11 is 0. The van der Waals surface area contributed by atoms with Crippen LogP contribution in [0.25, 0.3) is 0 Å². The van der Waals surface area contributed by atoms with E-state index in [9.17, 15) is 14.0 Å². The average Bonchev–Trinajstić information content (AvgIpc) is 2.09. The van der Waals surface area contributed by atoms with Crippen LogP contribution in [-0.2, 0) is 19.3 Å². The van der Waals surface area contributed by atoms with Gasteiger partial charge in [0.2, 0.25) is 0 Å². The molecule has 1 aromatic heterocycles. The fourth-order valence-electron chi connectivity index (χ4n) is 1.42. The van der Waals surface area contributed by atoms with Crippen molar-refractivity contribution in [1.82, 2.24) is 9.13 Å². The normalized spacial score (nSPS) is 11.8. The molecule has 15 heavy (non-hydrogen) atoms. The van der Waals surface area contributed by atoms with E-state index in [4.69, 9.17) is 0 Å². The summed E-state index contributed by atoms with van der Waals surface area (Å²) in [7, 11) is 1.46. The van der Waals surface area contributed by atoms with Crippen LogP contribution >= 0.6 is 0 Å². The Bertz CT molecular complexity index is 480. The molecule has 0 atom stereocenters. The van der Waals surface area contributed by atoms with Crippen LogP contribution in [0.15, 0.2) is 15.7 Å². The van der Waals surface area contributed by atoms with E-state index >= 15 is 0 Å². The lowest BCUT2D eigenvalue weighted by atomic mass is 10.1. The number of hydrogen-bond acceptors (Lipinski definition) is 2. The molecule has 0 unspecified atom stereocenters. The molecule has 0 aliphatic heterocycles. The lowest BCUT2D eigenvalue weighted by Gasteiger charge is -2.22. The van der Waals surface area contributed by atoms with E-state index in [2.05, 4.69) is 0 Å². The second kappa shape index (κ2) is 3.64. The van der Waals surface area contributed by atoms with E-state index in [-0.39, 0.29) is 5.69 Å². The molecule has 0 amide bonds. The Hall–Kier alpha value is -1.39. The zero-order chi connectivity index (χ0) is 11.8. The predicted octanol–water partition coefficient (Wildman–Crippen LogP) is 0.772. The molecule has 0 aromatic carbocycles. The molecule has 0 aliphatic rings. The number of halogens is 1. The van der Waals surface area contributed by atoms with Gasteiger partial charge in [-0.2, -0.15) is 0 Å². The minimum absolute atomic E-state index is 0.102. The quantitative estimate of drug-likeness (QED) is 0.693. The summed E-state index contributed by atoms with van der Waals surface area (Å²) < 4.78 is 14.7. The molecule has 1 aromatic rings. The zero-order valence-electron chi connectivity index (χ0n) is 9.37. The van der Waals surface area contributed by atoms with E-state index in [1.807, 2.05) is 0 Å². The van der Waals surface area contributed by atoms with Crippen molar-refractivity contribution in [2.24, 2.45) is 7.05 Å². The highest BCUT2D eigenvalue weighted by atomic mass is 19.1. The summed E-state index contributed by atoms with van der Waals surface area (Å²) in [6.07, 6.45) is 0. The highest BCUT2D eigenvalue weighted by molar-refractivity contribution is 5.02. The molecule has 84 valence electrons. The van der Waals surface area contributed by atoms with Gasteiger partial charge in [-0.25, -0.2) is 9.18 Å². The Labute approximate surface area is 87.0 Å². The van der Waals surface area contributed by atoms with Gasteiger partial charge in [0.25, 0.3) is 5.56 Å². The van der Waals surface area contributed by atoms with E-state index in [0.717, 1.165) is 15.2 Å². The molecule has 0 spiro atoms. The number of nitrogens with zero attached hydrogens (tertiary/aromatic N) is 2. The van der Waals surface area contributed by atoms with Gasteiger partial charge in [0, 0.05) is 18.7 Å². The number of alkyl halides is 1. The molecule has 0 saturated carbocycles. The first kappa shape index (κ1) is 11.7. The Morgan fingerprint density at radius 2 is 1.87 bits per heavy atom. The molecule has 0 bridgehead atoms. The zero-order valence-corrected chi connectivity index (χ0v) is 9.37. The third-order valence-electron chi connectivity index (χ3n) is 2.23. The summed E-state index contributed by atoms with van der Waals surface area (Å²) in [5.41, 5.74) is -1.44. The number of rotatable bonds is 1. The molecule has 0 saturated heterocycles.